The SMILES string of the molecule is CCCC1=C(C(=O)OCC)[C@@H](c2c(OC)ccc3ccccc23)n2c(s/c(=C/c3ccc(-c4ccccc4C(=O)O)o3)c2=O)=N1. The molecule has 0 fully saturated rings. The number of methoxy groups -OCH3 is 1. The maximum atomic E-state index is 14.3. The van der Waals surface area contributed by atoms with Gasteiger partial charge in [0.25, 0.3) is 5.56 Å². The van der Waals surface area contributed by atoms with Gasteiger partial charge in [0.2, 0.25) is 0 Å². The van der Waals surface area contributed by atoms with Crippen molar-refractivity contribution in [3.8, 4) is 17.1 Å². The molecular weight excluding hydrogens is 592 g/mol. The molecule has 45 heavy (non-hydrogen) atoms. The smallest absolute Gasteiger partial charge is 0.338 e. The molecular formula is C35H30N2O7S. The summed E-state index contributed by atoms with van der Waals surface area (Å²) in [6.45, 7) is 3.91. The first-order chi connectivity index (χ1) is 21.9. The summed E-state index contributed by atoms with van der Waals surface area (Å²) in [6, 6.07) is 20.6. The minimum atomic E-state index is -1.07. The number of carboxylic acids is 1. The molecule has 1 N–H and O–H groups in total. The largest absolute Gasteiger partial charge is 0.496 e. The van der Waals surface area contributed by atoms with Crippen LogP contribution in [0.4, 0.5) is 0 Å². The number of ether oxygens (including phenoxy) is 2. The highest BCUT2D eigenvalue weighted by molar-refractivity contribution is 7.07. The number of aromatic carboxylic acids is 1. The van der Waals surface area contributed by atoms with Crippen LogP contribution in [0, 0.1) is 0 Å². The fraction of sp³-hybridized carbons (Fsp3) is 0.200. The Morgan fingerprint density at radius 2 is 1.82 bits per heavy atom. The highest BCUT2D eigenvalue weighted by atomic mass is 32.1. The summed E-state index contributed by atoms with van der Waals surface area (Å²) in [5.41, 5.74) is 1.71. The van der Waals surface area contributed by atoms with Crippen molar-refractivity contribution >= 4 is 40.1 Å². The van der Waals surface area contributed by atoms with Crippen molar-refractivity contribution in [3.05, 3.63) is 121 Å². The van der Waals surface area contributed by atoms with Crippen LogP contribution in [0.2, 0.25) is 0 Å². The number of benzene rings is 3. The Kier molecular flexibility index (Phi) is 8.23. The van der Waals surface area contributed by atoms with Gasteiger partial charge < -0.3 is 19.0 Å². The summed E-state index contributed by atoms with van der Waals surface area (Å²) in [5, 5.41) is 11.4. The number of hydrogen-bond donors (Lipinski definition) is 1. The summed E-state index contributed by atoms with van der Waals surface area (Å²) >= 11 is 1.19. The van der Waals surface area contributed by atoms with E-state index in [2.05, 4.69) is 0 Å². The quantitative estimate of drug-likeness (QED) is 0.210. The number of esters is 1. The van der Waals surface area contributed by atoms with Gasteiger partial charge in [0.05, 0.1) is 35.1 Å². The molecule has 0 radical (unpaired) electrons. The molecule has 1 aliphatic heterocycles. The van der Waals surface area contributed by atoms with Crippen molar-refractivity contribution in [3.63, 3.8) is 0 Å². The minimum Gasteiger partial charge on any atom is -0.496 e. The number of furan rings is 1. The average molecular weight is 623 g/mol. The van der Waals surface area contributed by atoms with Crippen LogP contribution < -0.4 is 19.6 Å². The molecule has 0 bridgehead atoms. The topological polar surface area (TPSA) is 120 Å². The first-order valence-electron chi connectivity index (χ1n) is 14.6. The van der Waals surface area contributed by atoms with E-state index in [1.165, 1.54) is 22.0 Å². The number of thiazole rings is 1. The van der Waals surface area contributed by atoms with E-state index >= 15 is 0 Å². The Hall–Kier alpha value is -5.22. The van der Waals surface area contributed by atoms with Gasteiger partial charge in [-0.05, 0) is 48.4 Å². The van der Waals surface area contributed by atoms with E-state index in [0.29, 0.717) is 55.4 Å². The normalized spacial score (nSPS) is 14.7. The predicted octanol–water partition coefficient (Wildman–Crippen LogP) is 5.70. The van der Waals surface area contributed by atoms with E-state index in [9.17, 15) is 19.5 Å². The number of carboxylic acid groups (broad SMARTS) is 1. The lowest BCUT2D eigenvalue weighted by Crippen LogP contribution is -2.40. The molecule has 228 valence electrons. The molecule has 6 rings (SSSR count). The Morgan fingerprint density at radius 3 is 2.58 bits per heavy atom. The van der Waals surface area contributed by atoms with E-state index in [1.807, 2.05) is 43.3 Å². The third-order valence-corrected chi connectivity index (χ3v) is 8.62. The number of nitrogens with zero attached hydrogens (tertiary/aromatic N) is 2. The number of allylic oxidation sites excluding steroid dienone is 1. The first kappa shape index (κ1) is 29.8. The highest BCUT2D eigenvalue weighted by Gasteiger charge is 2.37. The van der Waals surface area contributed by atoms with Crippen molar-refractivity contribution < 1.29 is 28.6 Å². The zero-order valence-corrected chi connectivity index (χ0v) is 25.7. The van der Waals surface area contributed by atoms with Gasteiger partial charge in [-0.25, -0.2) is 14.6 Å². The van der Waals surface area contributed by atoms with E-state index in [1.54, 1.807) is 50.4 Å². The molecule has 10 heteroatoms. The fourth-order valence-corrected chi connectivity index (χ4v) is 6.72. The third kappa shape index (κ3) is 5.38. The van der Waals surface area contributed by atoms with Crippen molar-refractivity contribution in [2.75, 3.05) is 13.7 Å². The number of hydrogen-bond acceptors (Lipinski definition) is 8. The van der Waals surface area contributed by atoms with Gasteiger partial charge in [0.15, 0.2) is 4.80 Å². The Balaban J connectivity index is 1.59. The van der Waals surface area contributed by atoms with E-state index in [4.69, 9.17) is 18.9 Å². The van der Waals surface area contributed by atoms with Crippen molar-refractivity contribution in [1.29, 1.82) is 0 Å². The molecule has 3 heterocycles. The average Bonchev–Trinajstić information content (AvgIpc) is 3.64. The number of fused-ring (bicyclic) bond motifs is 2. The zero-order chi connectivity index (χ0) is 31.7. The Labute approximate surface area is 262 Å². The standard InChI is InChI=1S/C35H30N2O7S/c1-4-10-25-30(34(41)43-5-2)31(29-22-12-7-6-11-20(22)15-17-27(29)42-3)37-32(38)28(45-35(37)36-25)19-21-16-18-26(44-21)23-13-8-9-14-24(23)33(39)40/h6-9,11-19,31H,4-5,10H2,1-3H3,(H,39,40)/b28-19+/t31-/m1/s1. The maximum Gasteiger partial charge on any atom is 0.338 e. The van der Waals surface area contributed by atoms with E-state index in [-0.39, 0.29) is 17.7 Å². The molecule has 0 saturated heterocycles. The van der Waals surface area contributed by atoms with Crippen LogP contribution in [0.25, 0.3) is 28.2 Å². The fourth-order valence-electron chi connectivity index (χ4n) is 5.72. The van der Waals surface area contributed by atoms with Crippen LogP contribution in [-0.2, 0) is 9.53 Å². The van der Waals surface area contributed by atoms with Crippen molar-refractivity contribution in [2.45, 2.75) is 32.7 Å². The molecule has 0 spiro atoms. The molecule has 0 saturated carbocycles. The first-order valence-corrected chi connectivity index (χ1v) is 15.4. The monoisotopic (exact) mass is 622 g/mol. The minimum absolute atomic E-state index is 0.108. The van der Waals surface area contributed by atoms with Crippen LogP contribution in [0.3, 0.4) is 0 Å². The summed E-state index contributed by atoms with van der Waals surface area (Å²) < 4.78 is 19.3. The number of aromatic nitrogens is 1. The van der Waals surface area contributed by atoms with Crippen LogP contribution in [0.15, 0.2) is 98.3 Å². The second kappa shape index (κ2) is 12.4. The van der Waals surface area contributed by atoms with Gasteiger partial charge in [-0.2, -0.15) is 0 Å². The van der Waals surface area contributed by atoms with Gasteiger partial charge in [0.1, 0.15) is 23.3 Å². The molecule has 0 aliphatic carbocycles. The molecule has 2 aromatic heterocycles. The van der Waals surface area contributed by atoms with Gasteiger partial charge >= 0.3 is 11.9 Å². The predicted molar refractivity (Wildman–Crippen MR) is 171 cm³/mol. The van der Waals surface area contributed by atoms with Crippen LogP contribution >= 0.6 is 11.3 Å². The number of carbonyl (C=O) groups excluding carboxylic acids is 1. The molecule has 9 nitrogen and oxygen atoms in total. The van der Waals surface area contributed by atoms with Gasteiger partial charge in [-0.3, -0.25) is 9.36 Å². The molecule has 3 aromatic carbocycles. The molecule has 5 aromatic rings. The summed E-state index contributed by atoms with van der Waals surface area (Å²) in [6.07, 6.45) is 2.84. The van der Waals surface area contributed by atoms with E-state index in [0.717, 1.165) is 17.2 Å². The lowest BCUT2D eigenvalue weighted by molar-refractivity contribution is -0.139. The summed E-state index contributed by atoms with van der Waals surface area (Å²) in [5.74, 6) is -0.346. The maximum absolute atomic E-state index is 14.3. The van der Waals surface area contributed by atoms with Crippen LogP contribution in [-0.4, -0.2) is 35.3 Å². The number of rotatable bonds is 9. The van der Waals surface area contributed by atoms with Crippen molar-refractivity contribution in [2.24, 2.45) is 4.99 Å². The highest BCUT2D eigenvalue weighted by Crippen LogP contribution is 2.41. The lowest BCUT2D eigenvalue weighted by Gasteiger charge is -2.28. The second-order valence-electron chi connectivity index (χ2n) is 10.4. The molecule has 1 aliphatic rings. The third-order valence-electron chi connectivity index (χ3n) is 7.64. The zero-order valence-electron chi connectivity index (χ0n) is 24.9. The van der Waals surface area contributed by atoms with Gasteiger partial charge in [0, 0.05) is 17.2 Å². The second-order valence-corrected chi connectivity index (χ2v) is 11.4. The number of carbonyl (C=O) groups is 2. The molecule has 0 amide bonds. The van der Waals surface area contributed by atoms with Gasteiger partial charge in [-0.15, -0.1) is 0 Å². The Morgan fingerprint density at radius 1 is 1.04 bits per heavy atom. The van der Waals surface area contributed by atoms with Crippen molar-refractivity contribution in [1.82, 2.24) is 4.57 Å². The molecule has 0 unspecified atom stereocenters. The summed E-state index contributed by atoms with van der Waals surface area (Å²) in [4.78, 5) is 45.0. The van der Waals surface area contributed by atoms with Crippen LogP contribution in [0.5, 0.6) is 5.75 Å². The van der Waals surface area contributed by atoms with Gasteiger partial charge in [-0.1, -0.05) is 73.2 Å². The van der Waals surface area contributed by atoms with E-state index < -0.39 is 18.0 Å². The van der Waals surface area contributed by atoms with Crippen LogP contribution in [0.1, 0.15) is 54.4 Å². The lowest BCUT2D eigenvalue weighted by atomic mass is 9.90. The Bertz CT molecular complexity index is 2170. The summed E-state index contributed by atoms with van der Waals surface area (Å²) in [7, 11) is 1.56. The molecule has 1 atom stereocenters.